The van der Waals surface area contributed by atoms with Crippen molar-refractivity contribution in [1.29, 1.82) is 0 Å². The Hall–Kier alpha value is -3.41. The van der Waals surface area contributed by atoms with Crippen LogP contribution in [0.3, 0.4) is 0 Å². The van der Waals surface area contributed by atoms with Crippen LogP contribution in [0.5, 0.6) is 0 Å². The van der Waals surface area contributed by atoms with Crippen LogP contribution in [0, 0.1) is 15.9 Å². The molecule has 0 aliphatic carbocycles. The summed E-state index contributed by atoms with van der Waals surface area (Å²) in [6, 6.07) is 7.76. The molecule has 0 unspecified atom stereocenters. The molecule has 2 saturated heterocycles. The summed E-state index contributed by atoms with van der Waals surface area (Å²) in [6.07, 6.45) is -1.06. The first-order chi connectivity index (χ1) is 15.3. The average molecular weight is 464 g/mol. The number of nitrogens with zero attached hydrogens (tertiary/aromatic N) is 4. The monoisotopic (exact) mass is 464 g/mol. The van der Waals surface area contributed by atoms with E-state index in [1.54, 1.807) is 18.2 Å². The van der Waals surface area contributed by atoms with Crippen molar-refractivity contribution in [3.8, 4) is 0 Å². The molecule has 10 nitrogen and oxygen atoms in total. The van der Waals surface area contributed by atoms with Gasteiger partial charge in [0.15, 0.2) is 0 Å². The summed E-state index contributed by atoms with van der Waals surface area (Å²) in [7, 11) is 0. The van der Waals surface area contributed by atoms with Crippen molar-refractivity contribution in [2.75, 3.05) is 47.4 Å². The highest BCUT2D eigenvalue weighted by atomic mass is 32.1. The molecule has 1 N–H and O–H groups in total. The van der Waals surface area contributed by atoms with Gasteiger partial charge in [-0.2, -0.15) is 0 Å². The third kappa shape index (κ3) is 4.59. The van der Waals surface area contributed by atoms with Gasteiger partial charge in [0.2, 0.25) is 0 Å². The largest absolute Gasteiger partial charge is 0.481 e. The van der Waals surface area contributed by atoms with Gasteiger partial charge in [0, 0.05) is 38.7 Å². The molecule has 2 aromatic rings. The van der Waals surface area contributed by atoms with Crippen LogP contribution in [-0.2, 0) is 9.53 Å². The molecule has 0 bridgehead atoms. The minimum absolute atomic E-state index is 0.0923. The van der Waals surface area contributed by atoms with Gasteiger partial charge >= 0.3 is 17.1 Å². The molecule has 2 fully saturated rings. The smallest absolute Gasteiger partial charge is 0.414 e. The number of halogens is 1. The zero-order valence-electron chi connectivity index (χ0n) is 17.0. The van der Waals surface area contributed by atoms with Crippen molar-refractivity contribution < 1.29 is 28.7 Å². The molecule has 3 heterocycles. The lowest BCUT2D eigenvalue weighted by Gasteiger charge is -2.36. The van der Waals surface area contributed by atoms with E-state index in [0.717, 1.165) is 16.3 Å². The van der Waals surface area contributed by atoms with Crippen LogP contribution in [0.1, 0.15) is 12.8 Å². The first-order valence-corrected chi connectivity index (χ1v) is 10.9. The number of piperazine rings is 1. The Morgan fingerprint density at radius 2 is 1.94 bits per heavy atom. The van der Waals surface area contributed by atoms with E-state index in [1.165, 1.54) is 17.0 Å². The fourth-order valence-electron chi connectivity index (χ4n) is 3.84. The number of anilines is 3. The Kier molecular flexibility index (Phi) is 6.12. The lowest BCUT2D eigenvalue weighted by atomic mass is 10.2. The Morgan fingerprint density at radius 1 is 1.22 bits per heavy atom. The number of carbonyl (C=O) groups is 2. The fourth-order valence-corrected chi connectivity index (χ4v) is 4.71. The first kappa shape index (κ1) is 21.8. The Balaban J connectivity index is 1.38. The standard InChI is InChI=1S/C20H21FN4O6S/c21-15-11-13(24-12-14(31-20(24)28)2-6-19(26)27)1-3-16(15)22-7-9-23(10-8-22)17-4-5-18(32-17)25(29)30/h1,3-5,11,14H,2,6-10,12H2,(H,26,27)/t14-/m1/s1. The molecule has 1 aromatic carbocycles. The number of hydrogen-bond acceptors (Lipinski definition) is 8. The number of nitro groups is 1. The first-order valence-electron chi connectivity index (χ1n) is 10.1. The topological polar surface area (TPSA) is 116 Å². The molecule has 1 aromatic heterocycles. The zero-order chi connectivity index (χ0) is 22.8. The highest BCUT2D eigenvalue weighted by molar-refractivity contribution is 7.19. The summed E-state index contributed by atoms with van der Waals surface area (Å²) in [5, 5.41) is 20.6. The molecule has 2 aliphatic heterocycles. The van der Waals surface area contributed by atoms with Gasteiger partial charge in [-0.05, 0) is 42.0 Å². The summed E-state index contributed by atoms with van der Waals surface area (Å²) < 4.78 is 20.1. The number of carboxylic acids is 1. The minimum Gasteiger partial charge on any atom is -0.481 e. The summed E-state index contributed by atoms with van der Waals surface area (Å²) in [6.45, 7) is 2.47. The maximum absolute atomic E-state index is 14.9. The van der Waals surface area contributed by atoms with Crippen LogP contribution in [0.15, 0.2) is 30.3 Å². The van der Waals surface area contributed by atoms with E-state index in [9.17, 15) is 24.1 Å². The fraction of sp³-hybridized carbons (Fsp3) is 0.400. The molecule has 1 atom stereocenters. The van der Waals surface area contributed by atoms with Crippen LogP contribution in [0.25, 0.3) is 0 Å². The van der Waals surface area contributed by atoms with Crippen molar-refractivity contribution >= 4 is 44.8 Å². The van der Waals surface area contributed by atoms with Gasteiger partial charge in [0.05, 0.1) is 27.8 Å². The number of benzene rings is 1. The van der Waals surface area contributed by atoms with E-state index in [2.05, 4.69) is 0 Å². The van der Waals surface area contributed by atoms with Crippen molar-refractivity contribution in [2.45, 2.75) is 18.9 Å². The van der Waals surface area contributed by atoms with Crippen LogP contribution in [0.4, 0.5) is 30.6 Å². The number of rotatable bonds is 7. The molecular formula is C20H21FN4O6S. The maximum Gasteiger partial charge on any atom is 0.414 e. The zero-order valence-corrected chi connectivity index (χ0v) is 17.8. The number of cyclic esters (lactones) is 1. The van der Waals surface area contributed by atoms with E-state index in [1.807, 2.05) is 9.80 Å². The molecule has 170 valence electrons. The number of carboxylic acid groups (broad SMARTS) is 1. The minimum atomic E-state index is -0.965. The second-order valence-corrected chi connectivity index (χ2v) is 8.57. The third-order valence-electron chi connectivity index (χ3n) is 5.49. The molecule has 2 aliphatic rings. The van der Waals surface area contributed by atoms with E-state index < -0.39 is 28.9 Å². The molecule has 0 radical (unpaired) electrons. The van der Waals surface area contributed by atoms with Crippen molar-refractivity contribution in [3.63, 3.8) is 0 Å². The second kappa shape index (κ2) is 8.99. The van der Waals surface area contributed by atoms with Crippen LogP contribution in [0.2, 0.25) is 0 Å². The Morgan fingerprint density at radius 3 is 2.56 bits per heavy atom. The quantitative estimate of drug-likeness (QED) is 0.490. The molecule has 0 spiro atoms. The lowest BCUT2D eigenvalue weighted by molar-refractivity contribution is -0.380. The highest BCUT2D eigenvalue weighted by Crippen LogP contribution is 2.33. The maximum atomic E-state index is 14.9. The summed E-state index contributed by atoms with van der Waals surface area (Å²) in [5.74, 6) is -1.43. The molecule has 0 saturated carbocycles. The highest BCUT2D eigenvalue weighted by Gasteiger charge is 2.33. The normalized spacial score (nSPS) is 18.7. The molecule has 32 heavy (non-hydrogen) atoms. The molecular weight excluding hydrogens is 443 g/mol. The number of ether oxygens (including phenoxy) is 1. The predicted octanol–water partition coefficient (Wildman–Crippen LogP) is 3.31. The van der Waals surface area contributed by atoms with Crippen molar-refractivity contribution in [1.82, 2.24) is 0 Å². The second-order valence-electron chi connectivity index (χ2n) is 7.53. The van der Waals surface area contributed by atoms with Gasteiger partial charge in [-0.1, -0.05) is 0 Å². The Labute approximate surface area is 186 Å². The van der Waals surface area contributed by atoms with Crippen LogP contribution in [-0.4, -0.2) is 60.9 Å². The average Bonchev–Trinajstić information content (AvgIpc) is 3.39. The third-order valence-corrected chi connectivity index (χ3v) is 6.58. The Bertz CT molecular complexity index is 1040. The van der Waals surface area contributed by atoms with Crippen molar-refractivity contribution in [3.05, 3.63) is 46.3 Å². The van der Waals surface area contributed by atoms with Gasteiger partial charge in [0.1, 0.15) is 11.9 Å². The molecule has 1 amide bonds. The van der Waals surface area contributed by atoms with Gasteiger partial charge in [-0.3, -0.25) is 19.8 Å². The summed E-state index contributed by atoms with van der Waals surface area (Å²) in [4.78, 5) is 38.5. The van der Waals surface area contributed by atoms with Crippen LogP contribution < -0.4 is 14.7 Å². The van der Waals surface area contributed by atoms with Gasteiger partial charge < -0.3 is 19.6 Å². The van der Waals surface area contributed by atoms with Gasteiger partial charge in [-0.25, -0.2) is 9.18 Å². The number of carbonyl (C=O) groups excluding carboxylic acids is 1. The van der Waals surface area contributed by atoms with Gasteiger partial charge in [-0.15, -0.1) is 0 Å². The predicted molar refractivity (Wildman–Crippen MR) is 116 cm³/mol. The van der Waals surface area contributed by atoms with Crippen LogP contribution >= 0.6 is 11.3 Å². The number of hydrogen-bond donors (Lipinski definition) is 1. The van der Waals surface area contributed by atoms with E-state index in [0.29, 0.717) is 37.6 Å². The summed E-state index contributed by atoms with van der Waals surface area (Å²) >= 11 is 1.12. The SMILES string of the molecule is O=C(O)CC[C@@H]1CN(c2ccc(N3CCN(c4ccc([N+](=O)[O-])s4)CC3)c(F)c2)C(=O)O1. The summed E-state index contributed by atoms with van der Waals surface area (Å²) in [5.41, 5.74) is 0.777. The van der Waals surface area contributed by atoms with E-state index in [-0.39, 0.29) is 24.4 Å². The lowest BCUT2D eigenvalue weighted by Crippen LogP contribution is -2.46. The molecule has 12 heteroatoms. The molecule has 4 rings (SSSR count). The number of aliphatic carboxylic acids is 1. The van der Waals surface area contributed by atoms with E-state index in [4.69, 9.17) is 9.84 Å². The number of thiophene rings is 1. The van der Waals surface area contributed by atoms with Crippen molar-refractivity contribution in [2.24, 2.45) is 0 Å². The number of amides is 1. The van der Waals surface area contributed by atoms with E-state index >= 15 is 0 Å². The van der Waals surface area contributed by atoms with Gasteiger partial charge in [0.25, 0.3) is 0 Å².